The molecule has 0 aromatic heterocycles. The Hall–Kier alpha value is -1.74. The van der Waals surface area contributed by atoms with Crippen molar-refractivity contribution >= 4 is 17.7 Å². The van der Waals surface area contributed by atoms with E-state index in [9.17, 15) is 4.79 Å². The fourth-order valence-electron chi connectivity index (χ4n) is 3.14. The summed E-state index contributed by atoms with van der Waals surface area (Å²) in [6, 6.07) is 18.8. The van der Waals surface area contributed by atoms with Crippen molar-refractivity contribution in [1.82, 2.24) is 4.90 Å². The van der Waals surface area contributed by atoms with Crippen LogP contribution in [0, 0.1) is 0 Å². The standard InChI is InChI=1S/C19H19NOS/c21-18(19(11-12-19)22-17-8-2-1-3-9-17)20-13-10-15-6-4-5-7-16(15)14-20/h1-9H,10-14H2. The highest BCUT2D eigenvalue weighted by atomic mass is 32.2. The maximum absolute atomic E-state index is 13.0. The highest BCUT2D eigenvalue weighted by Gasteiger charge is 2.52. The number of carbonyl (C=O) groups is 1. The lowest BCUT2D eigenvalue weighted by Crippen LogP contribution is -2.42. The Labute approximate surface area is 135 Å². The van der Waals surface area contributed by atoms with Gasteiger partial charge in [0, 0.05) is 18.0 Å². The van der Waals surface area contributed by atoms with Crippen LogP contribution in [0.3, 0.4) is 0 Å². The molecular formula is C19H19NOS. The van der Waals surface area contributed by atoms with Crippen LogP contribution in [0.25, 0.3) is 0 Å². The summed E-state index contributed by atoms with van der Waals surface area (Å²) in [5, 5.41) is 0. The summed E-state index contributed by atoms with van der Waals surface area (Å²) in [7, 11) is 0. The molecule has 2 nitrogen and oxygen atoms in total. The van der Waals surface area contributed by atoms with E-state index in [4.69, 9.17) is 0 Å². The number of thioether (sulfide) groups is 1. The van der Waals surface area contributed by atoms with E-state index in [1.165, 1.54) is 16.0 Å². The molecule has 112 valence electrons. The van der Waals surface area contributed by atoms with E-state index < -0.39 is 0 Å². The molecule has 1 aliphatic carbocycles. The lowest BCUT2D eigenvalue weighted by molar-refractivity contribution is -0.132. The van der Waals surface area contributed by atoms with Crippen LogP contribution in [0.2, 0.25) is 0 Å². The van der Waals surface area contributed by atoms with Crippen molar-refractivity contribution in [3.05, 3.63) is 65.7 Å². The molecular weight excluding hydrogens is 290 g/mol. The molecule has 2 aromatic carbocycles. The number of hydrogen-bond donors (Lipinski definition) is 0. The average Bonchev–Trinajstić information content (AvgIpc) is 3.35. The van der Waals surface area contributed by atoms with Crippen molar-refractivity contribution in [2.24, 2.45) is 0 Å². The van der Waals surface area contributed by atoms with Crippen LogP contribution in [0.1, 0.15) is 24.0 Å². The van der Waals surface area contributed by atoms with E-state index in [-0.39, 0.29) is 4.75 Å². The quantitative estimate of drug-likeness (QED) is 0.857. The van der Waals surface area contributed by atoms with Gasteiger partial charge >= 0.3 is 0 Å². The van der Waals surface area contributed by atoms with Gasteiger partial charge in [0.15, 0.2) is 0 Å². The van der Waals surface area contributed by atoms with Crippen LogP contribution < -0.4 is 0 Å². The lowest BCUT2D eigenvalue weighted by atomic mass is 9.99. The first-order valence-corrected chi connectivity index (χ1v) is 8.69. The molecule has 22 heavy (non-hydrogen) atoms. The van der Waals surface area contributed by atoms with Crippen molar-refractivity contribution in [3.63, 3.8) is 0 Å². The molecule has 0 unspecified atom stereocenters. The molecule has 0 radical (unpaired) electrons. The molecule has 3 heteroatoms. The molecule has 0 bridgehead atoms. The number of benzene rings is 2. The Balaban J connectivity index is 1.51. The fraction of sp³-hybridized carbons (Fsp3) is 0.316. The average molecular weight is 309 g/mol. The van der Waals surface area contributed by atoms with Crippen molar-refractivity contribution in [3.8, 4) is 0 Å². The highest BCUT2D eigenvalue weighted by molar-refractivity contribution is 8.01. The van der Waals surface area contributed by atoms with Gasteiger partial charge in [-0.1, -0.05) is 42.5 Å². The fourth-order valence-corrected chi connectivity index (χ4v) is 4.41. The van der Waals surface area contributed by atoms with E-state index in [1.54, 1.807) is 11.8 Å². The lowest BCUT2D eigenvalue weighted by Gasteiger charge is -2.31. The van der Waals surface area contributed by atoms with Gasteiger partial charge in [-0.05, 0) is 42.5 Å². The minimum atomic E-state index is -0.201. The Morgan fingerprint density at radius 3 is 2.36 bits per heavy atom. The molecule has 0 spiro atoms. The smallest absolute Gasteiger partial charge is 0.239 e. The normalized spacial score (nSPS) is 18.6. The summed E-state index contributed by atoms with van der Waals surface area (Å²) >= 11 is 1.75. The van der Waals surface area contributed by atoms with Gasteiger partial charge in [0.25, 0.3) is 0 Å². The monoisotopic (exact) mass is 309 g/mol. The zero-order valence-electron chi connectivity index (χ0n) is 12.5. The Morgan fingerprint density at radius 1 is 0.955 bits per heavy atom. The molecule has 0 atom stereocenters. The van der Waals surface area contributed by atoms with Crippen LogP contribution in [0.15, 0.2) is 59.5 Å². The first-order valence-electron chi connectivity index (χ1n) is 7.87. The Kier molecular flexibility index (Phi) is 3.45. The predicted molar refractivity (Wildman–Crippen MR) is 89.8 cm³/mol. The summed E-state index contributed by atoms with van der Waals surface area (Å²) in [5.74, 6) is 0.329. The maximum atomic E-state index is 13.0. The predicted octanol–water partition coefficient (Wildman–Crippen LogP) is 3.90. The third kappa shape index (κ3) is 2.54. The SMILES string of the molecule is O=C(N1CCc2ccccc2C1)C1(Sc2ccccc2)CC1. The first-order chi connectivity index (χ1) is 10.8. The van der Waals surface area contributed by atoms with Crippen molar-refractivity contribution in [1.29, 1.82) is 0 Å². The second kappa shape index (κ2) is 5.47. The zero-order chi connectivity index (χ0) is 15.0. The van der Waals surface area contributed by atoms with Gasteiger partial charge in [0.1, 0.15) is 0 Å². The molecule has 1 heterocycles. The van der Waals surface area contributed by atoms with E-state index in [0.717, 1.165) is 32.4 Å². The molecule has 1 aliphatic heterocycles. The number of rotatable bonds is 3. The van der Waals surface area contributed by atoms with Gasteiger partial charge in [-0.2, -0.15) is 0 Å². The zero-order valence-corrected chi connectivity index (χ0v) is 13.3. The summed E-state index contributed by atoms with van der Waals surface area (Å²) < 4.78 is -0.201. The van der Waals surface area contributed by atoms with E-state index >= 15 is 0 Å². The molecule has 1 amide bonds. The number of hydrogen-bond acceptors (Lipinski definition) is 2. The number of carbonyl (C=O) groups excluding carboxylic acids is 1. The summed E-state index contributed by atoms with van der Waals surface area (Å²) in [6.45, 7) is 1.62. The van der Waals surface area contributed by atoms with Gasteiger partial charge in [-0.3, -0.25) is 4.79 Å². The van der Waals surface area contributed by atoms with Crippen molar-refractivity contribution < 1.29 is 4.79 Å². The summed E-state index contributed by atoms with van der Waals surface area (Å²) in [5.41, 5.74) is 2.70. The minimum absolute atomic E-state index is 0.201. The molecule has 0 saturated heterocycles. The Bertz CT molecular complexity index is 694. The van der Waals surface area contributed by atoms with Gasteiger partial charge in [-0.25, -0.2) is 0 Å². The maximum Gasteiger partial charge on any atom is 0.239 e. The van der Waals surface area contributed by atoms with Crippen LogP contribution >= 0.6 is 11.8 Å². The number of amides is 1. The van der Waals surface area contributed by atoms with E-state index in [2.05, 4.69) is 41.3 Å². The van der Waals surface area contributed by atoms with Crippen LogP contribution in [-0.2, 0) is 17.8 Å². The first kappa shape index (κ1) is 13.9. The van der Waals surface area contributed by atoms with Crippen LogP contribution in [0.4, 0.5) is 0 Å². The number of nitrogens with zero attached hydrogens (tertiary/aromatic N) is 1. The topological polar surface area (TPSA) is 20.3 Å². The molecule has 1 fully saturated rings. The highest BCUT2D eigenvalue weighted by Crippen LogP contribution is 2.53. The molecule has 2 aliphatic rings. The van der Waals surface area contributed by atoms with Crippen LogP contribution in [0.5, 0.6) is 0 Å². The molecule has 0 N–H and O–H groups in total. The van der Waals surface area contributed by atoms with E-state index in [0.29, 0.717) is 5.91 Å². The Morgan fingerprint density at radius 2 is 1.64 bits per heavy atom. The third-order valence-electron chi connectivity index (χ3n) is 4.57. The molecule has 2 aromatic rings. The second-order valence-corrected chi connectivity index (χ2v) is 7.61. The molecule has 1 saturated carbocycles. The minimum Gasteiger partial charge on any atom is -0.337 e. The van der Waals surface area contributed by atoms with Crippen molar-refractivity contribution in [2.75, 3.05) is 6.54 Å². The second-order valence-electron chi connectivity index (χ2n) is 6.15. The largest absolute Gasteiger partial charge is 0.337 e. The van der Waals surface area contributed by atoms with Gasteiger partial charge in [-0.15, -0.1) is 11.8 Å². The van der Waals surface area contributed by atoms with Gasteiger partial charge < -0.3 is 4.90 Å². The summed E-state index contributed by atoms with van der Waals surface area (Å²) in [6.07, 6.45) is 2.99. The van der Waals surface area contributed by atoms with Crippen LogP contribution in [-0.4, -0.2) is 22.1 Å². The summed E-state index contributed by atoms with van der Waals surface area (Å²) in [4.78, 5) is 16.3. The number of fused-ring (bicyclic) bond motifs is 1. The third-order valence-corrected chi connectivity index (χ3v) is 6.05. The van der Waals surface area contributed by atoms with Gasteiger partial charge in [0.05, 0.1) is 4.75 Å². The van der Waals surface area contributed by atoms with Gasteiger partial charge in [0.2, 0.25) is 5.91 Å². The van der Waals surface area contributed by atoms with E-state index in [1.807, 2.05) is 18.2 Å². The van der Waals surface area contributed by atoms with Crippen molar-refractivity contribution in [2.45, 2.75) is 35.4 Å². The molecule has 4 rings (SSSR count).